The fraction of sp³-hybridized carbons (Fsp3) is 0.200. The standard InChI is InChI=1S/C15H16N2S/c1-11-4-6-13(7-5-11)12(2)10-14-8-9-16-15(17-14)18-3/h4-9H,2,10H2,1,3H3. The molecule has 0 saturated carbocycles. The van der Waals surface area contributed by atoms with Crippen molar-refractivity contribution < 1.29 is 0 Å². The molecule has 0 bridgehead atoms. The largest absolute Gasteiger partial charge is 0.231 e. The van der Waals surface area contributed by atoms with Gasteiger partial charge in [0.1, 0.15) is 0 Å². The Morgan fingerprint density at radius 2 is 1.94 bits per heavy atom. The van der Waals surface area contributed by atoms with Crippen LogP contribution >= 0.6 is 11.8 Å². The second-order valence-electron chi connectivity index (χ2n) is 4.18. The number of aryl methyl sites for hydroxylation is 1. The van der Waals surface area contributed by atoms with Gasteiger partial charge >= 0.3 is 0 Å². The molecule has 0 N–H and O–H groups in total. The van der Waals surface area contributed by atoms with Crippen LogP contribution in [0.5, 0.6) is 0 Å². The van der Waals surface area contributed by atoms with Crippen molar-refractivity contribution in [3.63, 3.8) is 0 Å². The Kier molecular flexibility index (Phi) is 4.15. The molecule has 2 rings (SSSR count). The summed E-state index contributed by atoms with van der Waals surface area (Å²) in [4.78, 5) is 8.64. The number of thioether (sulfide) groups is 1. The molecule has 1 aromatic carbocycles. The minimum atomic E-state index is 0.763. The summed E-state index contributed by atoms with van der Waals surface area (Å²) in [5.41, 5.74) is 4.53. The van der Waals surface area contributed by atoms with Crippen molar-refractivity contribution >= 4 is 17.3 Å². The zero-order valence-electron chi connectivity index (χ0n) is 10.7. The van der Waals surface area contributed by atoms with Crippen LogP contribution in [-0.2, 0) is 6.42 Å². The molecular weight excluding hydrogens is 240 g/mol. The minimum Gasteiger partial charge on any atom is -0.231 e. The van der Waals surface area contributed by atoms with Gasteiger partial charge in [0.25, 0.3) is 0 Å². The van der Waals surface area contributed by atoms with Crippen molar-refractivity contribution in [1.29, 1.82) is 0 Å². The summed E-state index contributed by atoms with van der Waals surface area (Å²) in [6, 6.07) is 10.4. The summed E-state index contributed by atoms with van der Waals surface area (Å²) in [5, 5.41) is 0.809. The molecule has 0 amide bonds. The van der Waals surface area contributed by atoms with E-state index in [9.17, 15) is 0 Å². The lowest BCUT2D eigenvalue weighted by Gasteiger charge is -2.06. The molecule has 0 aliphatic heterocycles. The van der Waals surface area contributed by atoms with Gasteiger partial charge in [-0.3, -0.25) is 0 Å². The van der Waals surface area contributed by atoms with Gasteiger partial charge in [-0.25, -0.2) is 9.97 Å². The van der Waals surface area contributed by atoms with Crippen LogP contribution < -0.4 is 0 Å². The van der Waals surface area contributed by atoms with Crippen molar-refractivity contribution in [3.05, 3.63) is 59.9 Å². The number of aromatic nitrogens is 2. The lowest BCUT2D eigenvalue weighted by atomic mass is 10.0. The molecule has 0 aliphatic carbocycles. The van der Waals surface area contributed by atoms with Crippen LogP contribution in [0.1, 0.15) is 16.8 Å². The Balaban J connectivity index is 2.13. The van der Waals surface area contributed by atoms with Gasteiger partial charge in [-0.2, -0.15) is 0 Å². The van der Waals surface area contributed by atoms with Crippen LogP contribution in [0, 0.1) is 6.92 Å². The van der Waals surface area contributed by atoms with Gasteiger partial charge in [-0.1, -0.05) is 48.2 Å². The Labute approximate surface area is 112 Å². The highest BCUT2D eigenvalue weighted by Gasteiger charge is 2.03. The van der Waals surface area contributed by atoms with Crippen molar-refractivity contribution in [3.8, 4) is 0 Å². The van der Waals surface area contributed by atoms with Gasteiger partial charge in [0.15, 0.2) is 5.16 Å². The molecule has 0 fully saturated rings. The number of rotatable bonds is 4. The Hall–Kier alpha value is -1.61. The maximum atomic E-state index is 4.47. The van der Waals surface area contributed by atoms with E-state index in [1.165, 1.54) is 11.1 Å². The first-order valence-corrected chi connectivity index (χ1v) is 7.02. The quantitative estimate of drug-likeness (QED) is 0.615. The second kappa shape index (κ2) is 5.83. The summed E-state index contributed by atoms with van der Waals surface area (Å²) in [5.74, 6) is 0. The molecular formula is C15H16N2S. The van der Waals surface area contributed by atoms with E-state index >= 15 is 0 Å². The first-order valence-electron chi connectivity index (χ1n) is 5.80. The van der Waals surface area contributed by atoms with Crippen LogP contribution in [-0.4, -0.2) is 16.2 Å². The molecule has 0 saturated heterocycles. The highest BCUT2D eigenvalue weighted by Crippen LogP contribution is 2.18. The maximum absolute atomic E-state index is 4.47. The SMILES string of the molecule is C=C(Cc1ccnc(SC)n1)c1ccc(C)cc1. The lowest BCUT2D eigenvalue weighted by molar-refractivity contribution is 0.916. The first kappa shape index (κ1) is 12.8. The van der Waals surface area contributed by atoms with E-state index in [-0.39, 0.29) is 0 Å². The van der Waals surface area contributed by atoms with Gasteiger partial charge in [-0.05, 0) is 30.4 Å². The number of hydrogen-bond donors (Lipinski definition) is 0. The number of allylic oxidation sites excluding steroid dienone is 1. The normalized spacial score (nSPS) is 10.3. The van der Waals surface area contributed by atoms with Crippen molar-refractivity contribution in [2.75, 3.05) is 6.26 Å². The van der Waals surface area contributed by atoms with Crippen LogP contribution in [0.2, 0.25) is 0 Å². The van der Waals surface area contributed by atoms with Gasteiger partial charge in [0.2, 0.25) is 0 Å². The van der Waals surface area contributed by atoms with Gasteiger partial charge < -0.3 is 0 Å². The van der Waals surface area contributed by atoms with Crippen molar-refractivity contribution in [2.45, 2.75) is 18.5 Å². The van der Waals surface area contributed by atoms with E-state index in [0.717, 1.165) is 22.8 Å². The molecule has 2 aromatic rings. The van der Waals surface area contributed by atoms with Gasteiger partial charge in [0.05, 0.1) is 0 Å². The molecule has 2 nitrogen and oxygen atoms in total. The molecule has 0 unspecified atom stereocenters. The third-order valence-corrected chi connectivity index (χ3v) is 3.29. The van der Waals surface area contributed by atoms with Gasteiger partial charge in [0, 0.05) is 18.3 Å². The maximum Gasteiger partial charge on any atom is 0.187 e. The van der Waals surface area contributed by atoms with Crippen molar-refractivity contribution in [1.82, 2.24) is 9.97 Å². The first-order chi connectivity index (χ1) is 8.69. The molecule has 0 aliphatic rings. The molecule has 92 valence electrons. The molecule has 3 heteroatoms. The average Bonchev–Trinajstić information content (AvgIpc) is 2.39. The lowest BCUT2D eigenvalue weighted by Crippen LogP contribution is -1.95. The fourth-order valence-electron chi connectivity index (χ4n) is 1.68. The molecule has 1 aromatic heterocycles. The average molecular weight is 256 g/mol. The van der Waals surface area contributed by atoms with E-state index in [0.29, 0.717) is 0 Å². The predicted molar refractivity (Wildman–Crippen MR) is 77.7 cm³/mol. The number of benzene rings is 1. The van der Waals surface area contributed by atoms with E-state index in [1.807, 2.05) is 12.3 Å². The second-order valence-corrected chi connectivity index (χ2v) is 4.95. The zero-order chi connectivity index (χ0) is 13.0. The zero-order valence-corrected chi connectivity index (χ0v) is 11.5. The third-order valence-electron chi connectivity index (χ3n) is 2.73. The topological polar surface area (TPSA) is 25.8 Å². The van der Waals surface area contributed by atoms with Crippen LogP contribution in [0.25, 0.3) is 5.57 Å². The predicted octanol–water partition coefficient (Wildman–Crippen LogP) is 3.76. The highest BCUT2D eigenvalue weighted by molar-refractivity contribution is 7.98. The van der Waals surface area contributed by atoms with Crippen molar-refractivity contribution in [2.24, 2.45) is 0 Å². The Morgan fingerprint density at radius 3 is 2.61 bits per heavy atom. The monoisotopic (exact) mass is 256 g/mol. The summed E-state index contributed by atoms with van der Waals surface area (Å²) in [6.07, 6.45) is 4.55. The summed E-state index contributed by atoms with van der Waals surface area (Å²) in [6.45, 7) is 6.22. The van der Waals surface area contributed by atoms with Crippen LogP contribution in [0.15, 0.2) is 48.3 Å². The van der Waals surface area contributed by atoms with E-state index in [1.54, 1.807) is 18.0 Å². The van der Waals surface area contributed by atoms with Gasteiger partial charge in [-0.15, -0.1) is 0 Å². The number of hydrogen-bond acceptors (Lipinski definition) is 3. The molecule has 18 heavy (non-hydrogen) atoms. The molecule has 0 spiro atoms. The van der Waals surface area contributed by atoms with Crippen LogP contribution in [0.3, 0.4) is 0 Å². The summed E-state index contributed by atoms with van der Waals surface area (Å²) >= 11 is 1.56. The van der Waals surface area contributed by atoms with Crippen LogP contribution in [0.4, 0.5) is 0 Å². The molecule has 1 heterocycles. The summed E-state index contributed by atoms with van der Waals surface area (Å²) in [7, 11) is 0. The molecule has 0 radical (unpaired) electrons. The van der Waals surface area contributed by atoms with E-state index < -0.39 is 0 Å². The van der Waals surface area contributed by atoms with E-state index in [2.05, 4.69) is 47.7 Å². The third kappa shape index (κ3) is 3.20. The summed E-state index contributed by atoms with van der Waals surface area (Å²) < 4.78 is 0. The smallest absolute Gasteiger partial charge is 0.187 e. The number of nitrogens with zero attached hydrogens (tertiary/aromatic N) is 2. The van der Waals surface area contributed by atoms with E-state index in [4.69, 9.17) is 0 Å². The molecule has 0 atom stereocenters. The fourth-order valence-corrected chi connectivity index (χ4v) is 2.06. The Morgan fingerprint density at radius 1 is 1.22 bits per heavy atom. The minimum absolute atomic E-state index is 0.763. The Bertz CT molecular complexity index is 547. The highest BCUT2D eigenvalue weighted by atomic mass is 32.2.